The van der Waals surface area contributed by atoms with Crippen LogP contribution in [-0.2, 0) is 6.42 Å². The van der Waals surface area contributed by atoms with Gasteiger partial charge >= 0.3 is 0 Å². The summed E-state index contributed by atoms with van der Waals surface area (Å²) in [6.07, 6.45) is 1.07. The second kappa shape index (κ2) is 4.99. The van der Waals surface area contributed by atoms with Crippen LogP contribution in [0.3, 0.4) is 0 Å². The number of halogens is 2. The molecule has 2 rings (SSSR count). The third-order valence-corrected chi connectivity index (χ3v) is 3.54. The van der Waals surface area contributed by atoms with Crippen LogP contribution in [0.15, 0.2) is 28.9 Å². The first-order valence-corrected chi connectivity index (χ1v) is 6.09. The van der Waals surface area contributed by atoms with Gasteiger partial charge in [-0.1, -0.05) is 12.1 Å². The Morgan fingerprint density at radius 1 is 1.50 bits per heavy atom. The van der Waals surface area contributed by atoms with Crippen molar-refractivity contribution in [2.24, 2.45) is 0 Å². The van der Waals surface area contributed by atoms with E-state index in [0.29, 0.717) is 22.2 Å². The molecule has 1 aromatic carbocycles. The summed E-state index contributed by atoms with van der Waals surface area (Å²) in [6.45, 7) is 0. The van der Waals surface area contributed by atoms with E-state index in [1.54, 1.807) is 12.1 Å². The molecule has 0 fully saturated rings. The monoisotopic (exact) mass is 302 g/mol. The fourth-order valence-corrected chi connectivity index (χ4v) is 2.23. The van der Waals surface area contributed by atoms with E-state index >= 15 is 0 Å². The molecule has 0 saturated carbocycles. The van der Waals surface area contributed by atoms with Gasteiger partial charge in [-0.15, -0.1) is 0 Å². The summed E-state index contributed by atoms with van der Waals surface area (Å²) in [6, 6.07) is 4.74. The zero-order valence-corrected chi connectivity index (χ0v) is 10.5. The van der Waals surface area contributed by atoms with Crippen LogP contribution >= 0.6 is 27.7 Å². The van der Waals surface area contributed by atoms with Gasteiger partial charge in [0.25, 0.3) is 0 Å². The molecule has 1 heterocycles. The highest BCUT2D eigenvalue weighted by Gasteiger charge is 2.14. The Morgan fingerprint density at radius 2 is 2.31 bits per heavy atom. The molecular weight excluding hydrogens is 295 g/mol. The summed E-state index contributed by atoms with van der Waals surface area (Å²) in [5.74, 6) is -0.332. The zero-order chi connectivity index (χ0) is 11.5. The lowest BCUT2D eigenvalue weighted by atomic mass is 10.1. The number of aliphatic hydroxyl groups is 1. The molecular formula is C10H8BrFN2OS. The highest BCUT2D eigenvalue weighted by molar-refractivity contribution is 9.10. The topological polar surface area (TPSA) is 46.0 Å². The van der Waals surface area contributed by atoms with Crippen molar-refractivity contribution in [1.29, 1.82) is 0 Å². The van der Waals surface area contributed by atoms with Crippen LogP contribution in [0.2, 0.25) is 0 Å². The van der Waals surface area contributed by atoms with Crippen molar-refractivity contribution in [1.82, 2.24) is 8.75 Å². The standard InChI is InChI=1S/C10H8BrFN2OS/c11-10-6(2-1-3-7(10)12)4-9(15)8-5-13-16-14-8/h1-3,5,9,15H,4H2. The van der Waals surface area contributed by atoms with Gasteiger partial charge in [-0.3, -0.25) is 0 Å². The summed E-state index contributed by atoms with van der Waals surface area (Å²) in [4.78, 5) is 0. The number of nitrogens with zero attached hydrogens (tertiary/aromatic N) is 2. The lowest BCUT2D eigenvalue weighted by molar-refractivity contribution is 0.174. The molecule has 3 nitrogen and oxygen atoms in total. The summed E-state index contributed by atoms with van der Waals surface area (Å²) in [5, 5.41) is 9.84. The average molecular weight is 303 g/mol. The third-order valence-electron chi connectivity index (χ3n) is 2.16. The van der Waals surface area contributed by atoms with Crippen molar-refractivity contribution in [2.45, 2.75) is 12.5 Å². The third kappa shape index (κ3) is 2.45. The van der Waals surface area contributed by atoms with E-state index in [9.17, 15) is 9.50 Å². The maximum Gasteiger partial charge on any atom is 0.137 e. The maximum absolute atomic E-state index is 13.2. The van der Waals surface area contributed by atoms with Gasteiger partial charge in [0.15, 0.2) is 0 Å². The molecule has 0 bridgehead atoms. The van der Waals surface area contributed by atoms with Crippen LogP contribution in [0.1, 0.15) is 17.4 Å². The molecule has 0 spiro atoms. The predicted octanol–water partition coefficient (Wildman–Crippen LogP) is 2.72. The van der Waals surface area contributed by atoms with Gasteiger partial charge in [-0.25, -0.2) is 4.39 Å². The first-order valence-electron chi connectivity index (χ1n) is 4.57. The van der Waals surface area contributed by atoms with Crippen molar-refractivity contribution in [3.63, 3.8) is 0 Å². The van der Waals surface area contributed by atoms with Crippen molar-refractivity contribution in [3.05, 3.63) is 45.9 Å². The number of rotatable bonds is 3. The van der Waals surface area contributed by atoms with Gasteiger partial charge in [-0.05, 0) is 27.6 Å². The van der Waals surface area contributed by atoms with E-state index in [0.717, 1.165) is 11.7 Å². The van der Waals surface area contributed by atoms with Crippen molar-refractivity contribution in [2.75, 3.05) is 0 Å². The summed E-state index contributed by atoms with van der Waals surface area (Å²) in [5.41, 5.74) is 1.22. The normalized spacial score (nSPS) is 12.7. The molecule has 0 aliphatic rings. The van der Waals surface area contributed by atoms with Gasteiger partial charge in [-0.2, -0.15) is 8.75 Å². The van der Waals surface area contributed by atoms with Gasteiger partial charge in [0.05, 0.1) is 22.4 Å². The van der Waals surface area contributed by atoms with Crippen molar-refractivity contribution < 1.29 is 9.50 Å². The fraction of sp³-hybridized carbons (Fsp3) is 0.200. The SMILES string of the molecule is OC(Cc1cccc(F)c1Br)c1cnsn1. The second-order valence-electron chi connectivity index (χ2n) is 3.27. The van der Waals surface area contributed by atoms with E-state index in [-0.39, 0.29) is 5.82 Å². The molecule has 0 radical (unpaired) electrons. The average Bonchev–Trinajstić information content (AvgIpc) is 2.78. The largest absolute Gasteiger partial charge is 0.386 e. The summed E-state index contributed by atoms with van der Waals surface area (Å²) < 4.78 is 21.3. The Hall–Kier alpha value is -0.850. The Morgan fingerprint density at radius 3 is 3.00 bits per heavy atom. The van der Waals surface area contributed by atoms with Crippen LogP contribution < -0.4 is 0 Å². The Balaban J connectivity index is 2.18. The minimum Gasteiger partial charge on any atom is -0.386 e. The van der Waals surface area contributed by atoms with Crippen LogP contribution in [0.4, 0.5) is 4.39 Å². The smallest absolute Gasteiger partial charge is 0.137 e. The predicted molar refractivity (Wildman–Crippen MR) is 62.7 cm³/mol. The number of benzene rings is 1. The van der Waals surface area contributed by atoms with Gasteiger partial charge in [0, 0.05) is 6.42 Å². The van der Waals surface area contributed by atoms with Crippen molar-refractivity contribution in [3.8, 4) is 0 Å². The second-order valence-corrected chi connectivity index (χ2v) is 4.61. The molecule has 6 heteroatoms. The van der Waals surface area contributed by atoms with Gasteiger partial charge < -0.3 is 5.11 Å². The van der Waals surface area contributed by atoms with E-state index < -0.39 is 6.10 Å². The molecule has 1 atom stereocenters. The lowest BCUT2D eigenvalue weighted by Gasteiger charge is -2.09. The molecule has 2 aromatic rings. The molecule has 1 unspecified atom stereocenters. The van der Waals surface area contributed by atoms with Crippen LogP contribution in [-0.4, -0.2) is 13.9 Å². The Bertz CT molecular complexity index is 478. The van der Waals surface area contributed by atoms with Crippen LogP contribution in [0, 0.1) is 5.82 Å². The fourth-order valence-electron chi connectivity index (χ4n) is 1.34. The van der Waals surface area contributed by atoms with Crippen molar-refractivity contribution >= 4 is 27.7 Å². The molecule has 0 saturated heterocycles. The molecule has 1 aromatic heterocycles. The molecule has 16 heavy (non-hydrogen) atoms. The molecule has 0 aliphatic heterocycles. The Labute approximate surface area is 104 Å². The van der Waals surface area contributed by atoms with Gasteiger partial charge in [0.1, 0.15) is 17.6 Å². The number of aromatic nitrogens is 2. The Kier molecular flexibility index (Phi) is 3.63. The van der Waals surface area contributed by atoms with E-state index in [1.807, 2.05) is 0 Å². The zero-order valence-electron chi connectivity index (χ0n) is 8.10. The summed E-state index contributed by atoms with van der Waals surface area (Å²) in [7, 11) is 0. The minimum absolute atomic E-state index is 0.309. The maximum atomic E-state index is 13.2. The first kappa shape index (κ1) is 11.6. The highest BCUT2D eigenvalue weighted by Crippen LogP contribution is 2.25. The van der Waals surface area contributed by atoms with Crippen LogP contribution in [0.25, 0.3) is 0 Å². The molecule has 0 aliphatic carbocycles. The number of aliphatic hydroxyl groups excluding tert-OH is 1. The molecule has 0 amide bonds. The van der Waals surface area contributed by atoms with Crippen LogP contribution in [0.5, 0.6) is 0 Å². The van der Waals surface area contributed by atoms with E-state index in [4.69, 9.17) is 0 Å². The summed E-state index contributed by atoms with van der Waals surface area (Å²) >= 11 is 4.19. The minimum atomic E-state index is -0.753. The van der Waals surface area contributed by atoms with E-state index in [2.05, 4.69) is 24.7 Å². The highest BCUT2D eigenvalue weighted by atomic mass is 79.9. The number of hydrogen-bond donors (Lipinski definition) is 1. The lowest BCUT2D eigenvalue weighted by Crippen LogP contribution is -2.03. The van der Waals surface area contributed by atoms with Gasteiger partial charge in [0.2, 0.25) is 0 Å². The number of hydrogen-bond acceptors (Lipinski definition) is 4. The van der Waals surface area contributed by atoms with E-state index in [1.165, 1.54) is 12.3 Å². The first-order chi connectivity index (χ1) is 7.68. The quantitative estimate of drug-likeness (QED) is 0.948. The molecule has 84 valence electrons. The molecule has 1 N–H and O–H groups in total.